The van der Waals surface area contributed by atoms with E-state index in [1.807, 2.05) is 54.3 Å². The number of fused-ring (bicyclic) bond motifs is 1. The standard InChI is InChI=1S/C19H19N3O2/c1-13-6-5-9-17(20-13)19(24)21-10-14-11-22(18(23)16(14)12-21)15-7-3-2-4-8-15/h2-9,14,16H,10-12H2,1H3. The maximum atomic E-state index is 12.7. The van der Waals surface area contributed by atoms with Gasteiger partial charge in [0.05, 0.1) is 5.92 Å². The second-order valence-corrected chi connectivity index (χ2v) is 6.53. The zero-order valence-electron chi connectivity index (χ0n) is 13.6. The van der Waals surface area contributed by atoms with E-state index in [-0.39, 0.29) is 23.7 Å². The molecule has 5 heteroatoms. The molecule has 5 nitrogen and oxygen atoms in total. The first-order valence-corrected chi connectivity index (χ1v) is 8.23. The number of pyridine rings is 1. The van der Waals surface area contributed by atoms with Crippen molar-refractivity contribution in [1.82, 2.24) is 9.88 Å². The van der Waals surface area contributed by atoms with E-state index in [9.17, 15) is 9.59 Å². The van der Waals surface area contributed by atoms with E-state index in [0.717, 1.165) is 11.4 Å². The number of hydrogen-bond acceptors (Lipinski definition) is 3. The second-order valence-electron chi connectivity index (χ2n) is 6.53. The molecule has 0 bridgehead atoms. The van der Waals surface area contributed by atoms with Crippen LogP contribution < -0.4 is 4.90 Å². The molecule has 2 unspecified atom stereocenters. The number of benzene rings is 1. The number of para-hydroxylation sites is 1. The molecule has 2 atom stereocenters. The van der Waals surface area contributed by atoms with Crippen molar-refractivity contribution < 1.29 is 9.59 Å². The molecule has 0 radical (unpaired) electrons. The van der Waals surface area contributed by atoms with Gasteiger partial charge in [0, 0.05) is 36.9 Å². The van der Waals surface area contributed by atoms with E-state index in [1.54, 1.807) is 11.0 Å². The van der Waals surface area contributed by atoms with Crippen LogP contribution in [-0.2, 0) is 4.79 Å². The molecule has 2 aliphatic heterocycles. The van der Waals surface area contributed by atoms with Crippen LogP contribution in [0.4, 0.5) is 5.69 Å². The zero-order valence-corrected chi connectivity index (χ0v) is 13.6. The summed E-state index contributed by atoms with van der Waals surface area (Å²) in [7, 11) is 0. The minimum Gasteiger partial charge on any atom is -0.336 e. The summed E-state index contributed by atoms with van der Waals surface area (Å²) in [6.45, 7) is 3.66. The van der Waals surface area contributed by atoms with E-state index in [2.05, 4.69) is 4.98 Å². The third-order valence-corrected chi connectivity index (χ3v) is 4.90. The minimum absolute atomic E-state index is 0.0767. The Morgan fingerprint density at radius 2 is 1.83 bits per heavy atom. The number of anilines is 1. The Kier molecular flexibility index (Phi) is 3.56. The zero-order chi connectivity index (χ0) is 16.7. The van der Waals surface area contributed by atoms with Crippen LogP contribution >= 0.6 is 0 Å². The average Bonchev–Trinajstić information content (AvgIpc) is 3.15. The van der Waals surface area contributed by atoms with Crippen molar-refractivity contribution in [3.8, 4) is 0 Å². The molecule has 2 aliphatic rings. The van der Waals surface area contributed by atoms with Crippen molar-refractivity contribution in [2.24, 2.45) is 11.8 Å². The number of carbonyl (C=O) groups excluding carboxylic acids is 2. The molecule has 2 amide bonds. The third kappa shape index (κ3) is 2.46. The summed E-state index contributed by atoms with van der Waals surface area (Å²) in [5.41, 5.74) is 2.23. The van der Waals surface area contributed by atoms with Gasteiger partial charge in [0.2, 0.25) is 5.91 Å². The van der Waals surface area contributed by atoms with Gasteiger partial charge >= 0.3 is 0 Å². The minimum atomic E-state index is -0.0982. The van der Waals surface area contributed by atoms with Crippen molar-refractivity contribution in [3.05, 3.63) is 59.9 Å². The van der Waals surface area contributed by atoms with E-state index in [4.69, 9.17) is 0 Å². The fourth-order valence-electron chi connectivity index (χ4n) is 3.69. The third-order valence-electron chi connectivity index (χ3n) is 4.90. The van der Waals surface area contributed by atoms with Crippen LogP contribution in [-0.4, -0.2) is 41.3 Å². The van der Waals surface area contributed by atoms with E-state index >= 15 is 0 Å². The normalized spacial score (nSPS) is 22.8. The number of likely N-dealkylation sites (tertiary alicyclic amines) is 1. The smallest absolute Gasteiger partial charge is 0.272 e. The van der Waals surface area contributed by atoms with Crippen LogP contribution in [0.15, 0.2) is 48.5 Å². The molecular formula is C19H19N3O2. The topological polar surface area (TPSA) is 53.5 Å². The van der Waals surface area contributed by atoms with Gasteiger partial charge in [-0.15, -0.1) is 0 Å². The average molecular weight is 321 g/mol. The van der Waals surface area contributed by atoms with E-state index in [1.165, 1.54) is 0 Å². The molecule has 1 aromatic carbocycles. The largest absolute Gasteiger partial charge is 0.336 e. The van der Waals surface area contributed by atoms with Crippen LogP contribution in [0.25, 0.3) is 0 Å². The summed E-state index contributed by atoms with van der Waals surface area (Å²) < 4.78 is 0. The molecule has 0 aliphatic carbocycles. The predicted octanol–water partition coefficient (Wildman–Crippen LogP) is 2.13. The molecule has 1 aromatic heterocycles. The highest BCUT2D eigenvalue weighted by Gasteiger charge is 2.47. The first kappa shape index (κ1) is 14.9. The number of hydrogen-bond donors (Lipinski definition) is 0. The lowest BCUT2D eigenvalue weighted by Gasteiger charge is -2.21. The SMILES string of the molecule is Cc1cccc(C(=O)N2CC3CN(c4ccccc4)C(=O)C3C2)n1. The summed E-state index contributed by atoms with van der Waals surface area (Å²) in [5.74, 6) is 0.149. The number of aryl methyl sites for hydroxylation is 1. The molecule has 0 N–H and O–H groups in total. The number of rotatable bonds is 2. The van der Waals surface area contributed by atoms with Crippen LogP contribution in [0.2, 0.25) is 0 Å². The fourth-order valence-corrected chi connectivity index (χ4v) is 3.69. The molecule has 24 heavy (non-hydrogen) atoms. The summed E-state index contributed by atoms with van der Waals surface area (Å²) >= 11 is 0. The van der Waals surface area contributed by atoms with Gasteiger partial charge in [0.15, 0.2) is 0 Å². The molecule has 4 rings (SSSR count). The molecule has 2 aromatic rings. The number of amides is 2. The van der Waals surface area contributed by atoms with E-state index < -0.39 is 0 Å². The van der Waals surface area contributed by atoms with Crippen LogP contribution in [0.5, 0.6) is 0 Å². The summed E-state index contributed by atoms with van der Waals surface area (Å²) in [4.78, 5) is 33.3. The molecule has 2 saturated heterocycles. The Morgan fingerprint density at radius 3 is 2.54 bits per heavy atom. The molecular weight excluding hydrogens is 302 g/mol. The Labute approximate surface area is 140 Å². The van der Waals surface area contributed by atoms with Crippen molar-refractivity contribution in [3.63, 3.8) is 0 Å². The summed E-state index contributed by atoms with van der Waals surface area (Å²) in [6, 6.07) is 15.2. The Bertz CT molecular complexity index is 790. The first-order chi connectivity index (χ1) is 11.6. The maximum absolute atomic E-state index is 12.7. The van der Waals surface area contributed by atoms with Gasteiger partial charge in [0.1, 0.15) is 5.69 Å². The van der Waals surface area contributed by atoms with Gasteiger partial charge < -0.3 is 9.80 Å². The highest BCUT2D eigenvalue weighted by molar-refractivity contribution is 5.99. The van der Waals surface area contributed by atoms with Gasteiger partial charge in [-0.05, 0) is 31.2 Å². The quantitative estimate of drug-likeness (QED) is 0.851. The Hall–Kier alpha value is -2.69. The van der Waals surface area contributed by atoms with Crippen LogP contribution in [0.1, 0.15) is 16.2 Å². The first-order valence-electron chi connectivity index (χ1n) is 8.23. The Morgan fingerprint density at radius 1 is 1.04 bits per heavy atom. The van der Waals surface area contributed by atoms with Crippen molar-refractivity contribution >= 4 is 17.5 Å². The van der Waals surface area contributed by atoms with Gasteiger partial charge in [-0.3, -0.25) is 9.59 Å². The summed E-state index contributed by atoms with van der Waals surface area (Å²) in [5, 5.41) is 0. The highest BCUT2D eigenvalue weighted by atomic mass is 16.2. The Balaban J connectivity index is 1.49. The molecule has 3 heterocycles. The van der Waals surface area contributed by atoms with Crippen LogP contribution in [0, 0.1) is 18.8 Å². The second kappa shape index (κ2) is 5.74. The lowest BCUT2D eigenvalue weighted by atomic mass is 10.0. The highest BCUT2D eigenvalue weighted by Crippen LogP contribution is 2.35. The van der Waals surface area contributed by atoms with Crippen molar-refractivity contribution in [2.75, 3.05) is 24.5 Å². The number of carbonyl (C=O) groups is 2. The number of nitrogens with zero attached hydrogens (tertiary/aromatic N) is 3. The molecule has 2 fully saturated rings. The van der Waals surface area contributed by atoms with Crippen molar-refractivity contribution in [2.45, 2.75) is 6.92 Å². The van der Waals surface area contributed by atoms with Gasteiger partial charge in [-0.2, -0.15) is 0 Å². The van der Waals surface area contributed by atoms with Gasteiger partial charge in [-0.1, -0.05) is 24.3 Å². The molecule has 0 saturated carbocycles. The lowest BCUT2D eigenvalue weighted by molar-refractivity contribution is -0.120. The summed E-state index contributed by atoms with van der Waals surface area (Å²) in [6.07, 6.45) is 0. The van der Waals surface area contributed by atoms with Gasteiger partial charge in [0.25, 0.3) is 5.91 Å². The van der Waals surface area contributed by atoms with Gasteiger partial charge in [-0.25, -0.2) is 4.98 Å². The van der Waals surface area contributed by atoms with E-state index in [0.29, 0.717) is 25.3 Å². The number of aromatic nitrogens is 1. The van der Waals surface area contributed by atoms with Crippen molar-refractivity contribution in [1.29, 1.82) is 0 Å². The lowest BCUT2D eigenvalue weighted by Crippen LogP contribution is -2.36. The predicted molar refractivity (Wildman–Crippen MR) is 90.7 cm³/mol. The maximum Gasteiger partial charge on any atom is 0.272 e. The molecule has 122 valence electrons. The monoisotopic (exact) mass is 321 g/mol. The molecule has 0 spiro atoms. The fraction of sp³-hybridized carbons (Fsp3) is 0.316. The van der Waals surface area contributed by atoms with Crippen LogP contribution in [0.3, 0.4) is 0 Å².